The van der Waals surface area contributed by atoms with Crippen molar-refractivity contribution in [1.29, 1.82) is 0 Å². The van der Waals surface area contributed by atoms with Crippen molar-refractivity contribution in [2.75, 3.05) is 7.05 Å². The van der Waals surface area contributed by atoms with Crippen LogP contribution in [0.25, 0.3) is 0 Å². The monoisotopic (exact) mass is 177 g/mol. The van der Waals surface area contributed by atoms with Gasteiger partial charge in [0.2, 0.25) is 0 Å². The smallest absolute Gasteiger partial charge is 0.0456 e. The van der Waals surface area contributed by atoms with Gasteiger partial charge in [-0.2, -0.15) is 0 Å². The molecule has 0 saturated carbocycles. The highest BCUT2D eigenvalue weighted by Crippen LogP contribution is 2.29. The third-order valence-electron chi connectivity index (χ3n) is 1.88. The lowest BCUT2D eigenvalue weighted by Crippen LogP contribution is -2.18. The first kappa shape index (κ1) is 11.8. The highest BCUT2D eigenvalue weighted by atomic mass is 14.8. The van der Waals surface area contributed by atoms with E-state index in [0.29, 0.717) is 0 Å². The van der Waals surface area contributed by atoms with Crippen LogP contribution in [0.4, 0.5) is 0 Å². The van der Waals surface area contributed by atoms with E-state index in [1.54, 1.807) is 6.08 Å². The zero-order valence-electron chi connectivity index (χ0n) is 9.23. The molecule has 0 aliphatic carbocycles. The number of likely N-dealkylation sites (N-methyl/N-ethyl adjacent to an activating group) is 1. The van der Waals surface area contributed by atoms with E-state index in [9.17, 15) is 0 Å². The number of rotatable bonds is 2. The van der Waals surface area contributed by atoms with Crippen molar-refractivity contribution in [3.05, 3.63) is 23.4 Å². The van der Waals surface area contributed by atoms with Gasteiger partial charge in [0, 0.05) is 18.8 Å². The third kappa shape index (κ3) is 3.38. The minimum atomic E-state index is 0.125. The van der Waals surface area contributed by atoms with Crippen LogP contribution in [-0.4, -0.2) is 7.05 Å². The molecule has 0 aromatic carbocycles. The predicted octanol–water partition coefficient (Wildman–Crippen LogP) is 2.72. The maximum Gasteiger partial charge on any atom is 0.0456 e. The highest BCUT2D eigenvalue weighted by molar-refractivity contribution is 5.37. The summed E-state index contributed by atoms with van der Waals surface area (Å²) in [6.45, 7) is 8.54. The number of hydrogen-bond donors (Lipinski definition) is 1. The van der Waals surface area contributed by atoms with Crippen molar-refractivity contribution in [2.24, 2.45) is 5.41 Å². The molecule has 13 heavy (non-hydrogen) atoms. The van der Waals surface area contributed by atoms with Gasteiger partial charge in [0.05, 0.1) is 0 Å². The number of terminal acetylenes is 1. The van der Waals surface area contributed by atoms with Crippen LogP contribution in [0.5, 0.6) is 0 Å². The number of allylic oxidation sites excluding steroid dienone is 3. The standard InChI is InChI=1S/C12H19N/c1-7-9-11(13-6)10(8-2)12(3,4)5/h1,8-9,13H,2-6H3/b10-8+,11-9+. The van der Waals surface area contributed by atoms with Crippen molar-refractivity contribution in [3.8, 4) is 12.3 Å². The molecule has 1 N–H and O–H groups in total. The van der Waals surface area contributed by atoms with Crippen LogP contribution in [0.1, 0.15) is 27.7 Å². The van der Waals surface area contributed by atoms with E-state index in [1.807, 2.05) is 14.0 Å². The fourth-order valence-electron chi connectivity index (χ4n) is 1.36. The molecule has 0 aromatic heterocycles. The van der Waals surface area contributed by atoms with Gasteiger partial charge in [0.25, 0.3) is 0 Å². The van der Waals surface area contributed by atoms with Gasteiger partial charge in [-0.1, -0.05) is 32.8 Å². The van der Waals surface area contributed by atoms with Crippen LogP contribution in [-0.2, 0) is 0 Å². The lowest BCUT2D eigenvalue weighted by atomic mass is 9.84. The maximum atomic E-state index is 5.25. The van der Waals surface area contributed by atoms with Gasteiger partial charge in [-0.3, -0.25) is 0 Å². The Hall–Kier alpha value is -1.16. The average molecular weight is 177 g/mol. The quantitative estimate of drug-likeness (QED) is 0.505. The normalized spacial score (nSPS) is 13.8. The molecule has 0 unspecified atom stereocenters. The number of hydrogen-bond acceptors (Lipinski definition) is 1. The second-order valence-corrected chi connectivity index (χ2v) is 3.93. The van der Waals surface area contributed by atoms with Gasteiger partial charge in [-0.15, -0.1) is 6.42 Å². The second-order valence-electron chi connectivity index (χ2n) is 3.93. The lowest BCUT2D eigenvalue weighted by molar-refractivity contribution is 0.503. The first-order chi connectivity index (χ1) is 5.97. The SMILES string of the molecule is C#C/C=C(NC)\C(=C/C)C(C)(C)C. The highest BCUT2D eigenvalue weighted by Gasteiger charge is 2.18. The summed E-state index contributed by atoms with van der Waals surface area (Å²) in [6.07, 6.45) is 9.11. The minimum Gasteiger partial charge on any atom is -0.387 e. The van der Waals surface area contributed by atoms with Gasteiger partial charge in [-0.25, -0.2) is 0 Å². The van der Waals surface area contributed by atoms with Crippen LogP contribution in [0, 0.1) is 17.8 Å². The molecule has 0 radical (unpaired) electrons. The Kier molecular flexibility index (Phi) is 4.34. The first-order valence-corrected chi connectivity index (χ1v) is 4.48. The summed E-state index contributed by atoms with van der Waals surface area (Å²) in [5.74, 6) is 2.54. The largest absolute Gasteiger partial charge is 0.387 e. The molecule has 0 aliphatic rings. The molecule has 0 rings (SSSR count). The molecule has 0 spiro atoms. The molecule has 0 fully saturated rings. The van der Waals surface area contributed by atoms with Crippen molar-refractivity contribution in [2.45, 2.75) is 27.7 Å². The Morgan fingerprint density at radius 3 is 2.15 bits per heavy atom. The van der Waals surface area contributed by atoms with Gasteiger partial charge in [-0.05, 0) is 17.9 Å². The Morgan fingerprint density at radius 2 is 1.92 bits per heavy atom. The maximum absolute atomic E-state index is 5.25. The molecule has 0 aromatic rings. The van der Waals surface area contributed by atoms with E-state index in [-0.39, 0.29) is 5.41 Å². The van der Waals surface area contributed by atoms with E-state index >= 15 is 0 Å². The second kappa shape index (κ2) is 4.77. The fraction of sp³-hybridized carbons (Fsp3) is 0.500. The number of nitrogens with one attached hydrogen (secondary N) is 1. The van der Waals surface area contributed by atoms with Crippen molar-refractivity contribution in [3.63, 3.8) is 0 Å². The Morgan fingerprint density at radius 1 is 1.38 bits per heavy atom. The van der Waals surface area contributed by atoms with Crippen LogP contribution < -0.4 is 5.32 Å². The predicted molar refractivity (Wildman–Crippen MR) is 59.2 cm³/mol. The van der Waals surface area contributed by atoms with Crippen molar-refractivity contribution < 1.29 is 0 Å². The minimum absolute atomic E-state index is 0.125. The Bertz CT molecular complexity index is 256. The van der Waals surface area contributed by atoms with E-state index in [1.165, 1.54) is 5.57 Å². The van der Waals surface area contributed by atoms with Gasteiger partial charge in [0.1, 0.15) is 0 Å². The average Bonchev–Trinajstić information content (AvgIpc) is 2.01. The summed E-state index contributed by atoms with van der Waals surface area (Å²) >= 11 is 0. The molecule has 0 heterocycles. The summed E-state index contributed by atoms with van der Waals surface area (Å²) in [5.41, 5.74) is 2.39. The molecule has 0 atom stereocenters. The third-order valence-corrected chi connectivity index (χ3v) is 1.88. The molecule has 72 valence electrons. The van der Waals surface area contributed by atoms with E-state index < -0.39 is 0 Å². The van der Waals surface area contributed by atoms with Gasteiger partial charge in [0.15, 0.2) is 0 Å². The topological polar surface area (TPSA) is 12.0 Å². The van der Waals surface area contributed by atoms with Gasteiger partial charge < -0.3 is 5.32 Å². The Labute approximate surface area is 81.9 Å². The van der Waals surface area contributed by atoms with Crippen LogP contribution >= 0.6 is 0 Å². The summed E-state index contributed by atoms with van der Waals surface area (Å²) < 4.78 is 0. The van der Waals surface area contributed by atoms with E-state index in [0.717, 1.165) is 5.70 Å². The van der Waals surface area contributed by atoms with Crippen molar-refractivity contribution in [1.82, 2.24) is 5.32 Å². The molecular formula is C12H19N. The first-order valence-electron chi connectivity index (χ1n) is 4.48. The zero-order chi connectivity index (χ0) is 10.5. The molecule has 0 saturated heterocycles. The van der Waals surface area contributed by atoms with E-state index in [2.05, 4.69) is 38.1 Å². The molecular weight excluding hydrogens is 158 g/mol. The van der Waals surface area contributed by atoms with Crippen LogP contribution in [0.2, 0.25) is 0 Å². The van der Waals surface area contributed by atoms with E-state index in [4.69, 9.17) is 6.42 Å². The molecule has 0 bridgehead atoms. The van der Waals surface area contributed by atoms with Crippen LogP contribution in [0.15, 0.2) is 23.4 Å². The van der Waals surface area contributed by atoms with Gasteiger partial charge >= 0.3 is 0 Å². The summed E-state index contributed by atoms with van der Waals surface area (Å²) in [4.78, 5) is 0. The Balaban J connectivity index is 5.02. The summed E-state index contributed by atoms with van der Waals surface area (Å²) in [5, 5.41) is 3.11. The van der Waals surface area contributed by atoms with Crippen molar-refractivity contribution >= 4 is 0 Å². The molecule has 1 nitrogen and oxygen atoms in total. The molecule has 0 aliphatic heterocycles. The molecule has 1 heteroatoms. The van der Waals surface area contributed by atoms with Crippen LogP contribution in [0.3, 0.4) is 0 Å². The summed E-state index contributed by atoms with van der Waals surface area (Å²) in [6, 6.07) is 0. The zero-order valence-corrected chi connectivity index (χ0v) is 9.23. The summed E-state index contributed by atoms with van der Waals surface area (Å²) in [7, 11) is 1.89. The molecule has 0 amide bonds. The fourth-order valence-corrected chi connectivity index (χ4v) is 1.36. The lowest BCUT2D eigenvalue weighted by Gasteiger charge is -2.24.